The van der Waals surface area contributed by atoms with Gasteiger partial charge in [-0.2, -0.15) is 0 Å². The molecule has 0 bridgehead atoms. The third kappa shape index (κ3) is 5.17. The second-order valence-corrected chi connectivity index (χ2v) is 3.75. The van der Waals surface area contributed by atoms with Crippen molar-refractivity contribution in [1.29, 1.82) is 0 Å². The Morgan fingerprint density at radius 1 is 1.18 bits per heavy atom. The Morgan fingerprint density at radius 2 is 1.88 bits per heavy atom. The quantitative estimate of drug-likeness (QED) is 0.551. The van der Waals surface area contributed by atoms with Crippen molar-refractivity contribution in [2.45, 2.75) is 13.2 Å². The molecule has 1 N–H and O–H groups in total. The molecule has 0 heterocycles. The summed E-state index contributed by atoms with van der Waals surface area (Å²) in [5.41, 5.74) is 1.12. The number of aliphatic hydroxyl groups excluding tert-OH is 1. The second kappa shape index (κ2) is 8.06. The van der Waals surface area contributed by atoms with Crippen LogP contribution in [0.2, 0.25) is 0 Å². The van der Waals surface area contributed by atoms with Crippen LogP contribution < -0.4 is 4.90 Å². The van der Waals surface area contributed by atoms with E-state index in [1.807, 2.05) is 44.3 Å². The van der Waals surface area contributed by atoms with Crippen molar-refractivity contribution < 1.29 is 14.6 Å². The van der Waals surface area contributed by atoms with Gasteiger partial charge in [0.1, 0.15) is 6.23 Å². The largest absolute Gasteiger partial charge is 0.394 e. The first-order valence-corrected chi connectivity index (χ1v) is 5.84. The highest BCUT2D eigenvalue weighted by Crippen LogP contribution is 2.14. The van der Waals surface area contributed by atoms with Gasteiger partial charge in [0, 0.05) is 12.7 Å². The molecule has 17 heavy (non-hydrogen) atoms. The molecule has 96 valence electrons. The fraction of sp³-hybridized carbons (Fsp3) is 0.538. The van der Waals surface area contributed by atoms with Gasteiger partial charge >= 0.3 is 0 Å². The van der Waals surface area contributed by atoms with Gasteiger partial charge in [0.25, 0.3) is 0 Å². The molecular formula is C13H21NO3. The van der Waals surface area contributed by atoms with Gasteiger partial charge < -0.3 is 19.5 Å². The third-order valence-corrected chi connectivity index (χ3v) is 2.53. The summed E-state index contributed by atoms with van der Waals surface area (Å²) in [6.07, 6.45) is -0.00451. The topological polar surface area (TPSA) is 41.9 Å². The van der Waals surface area contributed by atoms with Crippen molar-refractivity contribution in [3.8, 4) is 0 Å². The molecule has 1 rings (SSSR count). The van der Waals surface area contributed by atoms with Crippen LogP contribution in [0.25, 0.3) is 0 Å². The fourth-order valence-electron chi connectivity index (χ4n) is 1.43. The summed E-state index contributed by atoms with van der Waals surface area (Å²) in [6, 6.07) is 10.1. The highest BCUT2D eigenvalue weighted by Gasteiger charge is 2.09. The lowest BCUT2D eigenvalue weighted by molar-refractivity contribution is 0.00482. The number of hydrogen-bond acceptors (Lipinski definition) is 4. The zero-order valence-corrected chi connectivity index (χ0v) is 10.5. The molecule has 1 aromatic carbocycles. The maximum absolute atomic E-state index is 8.54. The predicted molar refractivity (Wildman–Crippen MR) is 68.2 cm³/mol. The molecular weight excluding hydrogens is 218 g/mol. The lowest BCUT2D eigenvalue weighted by Crippen LogP contribution is -2.32. The lowest BCUT2D eigenvalue weighted by Gasteiger charge is -2.26. The van der Waals surface area contributed by atoms with Crippen LogP contribution in [0.1, 0.15) is 6.92 Å². The Hall–Kier alpha value is -1.10. The van der Waals surface area contributed by atoms with Crippen LogP contribution in [-0.4, -0.2) is 44.8 Å². The molecule has 0 spiro atoms. The standard InChI is InChI=1S/C13H21NO3/c1-12(17-11-10-16-9-8-15)14(2)13-6-4-3-5-7-13/h3-7,12,15H,8-11H2,1-2H3. The SMILES string of the molecule is CC(OCCOCCO)N(C)c1ccccc1. The second-order valence-electron chi connectivity index (χ2n) is 3.75. The first-order chi connectivity index (χ1) is 8.25. The zero-order chi connectivity index (χ0) is 12.5. The van der Waals surface area contributed by atoms with Gasteiger partial charge in [-0.1, -0.05) is 18.2 Å². The van der Waals surface area contributed by atoms with Crippen molar-refractivity contribution in [3.05, 3.63) is 30.3 Å². The van der Waals surface area contributed by atoms with Gasteiger partial charge in [0.15, 0.2) is 0 Å². The fourth-order valence-corrected chi connectivity index (χ4v) is 1.43. The summed E-state index contributed by atoms with van der Waals surface area (Å²) in [5.74, 6) is 0. The van der Waals surface area contributed by atoms with E-state index in [1.54, 1.807) is 0 Å². The van der Waals surface area contributed by atoms with Crippen LogP contribution >= 0.6 is 0 Å². The van der Waals surface area contributed by atoms with Crippen LogP contribution in [0.5, 0.6) is 0 Å². The van der Waals surface area contributed by atoms with E-state index >= 15 is 0 Å². The van der Waals surface area contributed by atoms with Gasteiger partial charge in [0.2, 0.25) is 0 Å². The molecule has 1 unspecified atom stereocenters. The minimum absolute atomic E-state index is 0.00451. The minimum Gasteiger partial charge on any atom is -0.394 e. The predicted octanol–water partition coefficient (Wildman–Crippen LogP) is 1.49. The Balaban J connectivity index is 2.25. The first-order valence-electron chi connectivity index (χ1n) is 5.84. The lowest BCUT2D eigenvalue weighted by atomic mass is 10.3. The van der Waals surface area contributed by atoms with Gasteiger partial charge in [0.05, 0.1) is 26.4 Å². The molecule has 0 saturated carbocycles. The Bertz CT molecular complexity index is 292. The molecule has 0 radical (unpaired) electrons. The van der Waals surface area contributed by atoms with E-state index in [-0.39, 0.29) is 12.8 Å². The van der Waals surface area contributed by atoms with Crippen LogP contribution in [0.4, 0.5) is 5.69 Å². The summed E-state index contributed by atoms with van der Waals surface area (Å²) >= 11 is 0. The normalized spacial score (nSPS) is 12.4. The van der Waals surface area contributed by atoms with E-state index in [1.165, 1.54) is 0 Å². The van der Waals surface area contributed by atoms with E-state index in [2.05, 4.69) is 4.90 Å². The van der Waals surface area contributed by atoms with Gasteiger partial charge in [-0.15, -0.1) is 0 Å². The van der Waals surface area contributed by atoms with Crippen LogP contribution in [0.3, 0.4) is 0 Å². The molecule has 0 aliphatic heterocycles. The van der Waals surface area contributed by atoms with Gasteiger partial charge in [-0.3, -0.25) is 0 Å². The summed E-state index contributed by atoms with van der Waals surface area (Å²) in [4.78, 5) is 2.06. The zero-order valence-electron chi connectivity index (χ0n) is 10.5. The van der Waals surface area contributed by atoms with Crippen LogP contribution in [0.15, 0.2) is 30.3 Å². The van der Waals surface area contributed by atoms with E-state index in [4.69, 9.17) is 14.6 Å². The van der Waals surface area contributed by atoms with Crippen LogP contribution in [0, 0.1) is 0 Å². The molecule has 0 amide bonds. The third-order valence-electron chi connectivity index (χ3n) is 2.53. The smallest absolute Gasteiger partial charge is 0.127 e. The monoisotopic (exact) mass is 239 g/mol. The van der Waals surface area contributed by atoms with E-state index in [0.29, 0.717) is 19.8 Å². The van der Waals surface area contributed by atoms with E-state index in [9.17, 15) is 0 Å². The Morgan fingerprint density at radius 3 is 2.53 bits per heavy atom. The average molecular weight is 239 g/mol. The van der Waals surface area contributed by atoms with Crippen molar-refractivity contribution >= 4 is 5.69 Å². The van der Waals surface area contributed by atoms with Gasteiger partial charge in [-0.25, -0.2) is 0 Å². The summed E-state index contributed by atoms with van der Waals surface area (Å²) in [5, 5.41) is 8.54. The van der Waals surface area contributed by atoms with Crippen molar-refractivity contribution in [2.75, 3.05) is 38.4 Å². The van der Waals surface area contributed by atoms with E-state index < -0.39 is 0 Å². The number of anilines is 1. The first kappa shape index (κ1) is 14.0. The number of para-hydroxylation sites is 1. The molecule has 0 aliphatic rings. The van der Waals surface area contributed by atoms with Crippen LogP contribution in [-0.2, 0) is 9.47 Å². The Labute approximate surface area is 103 Å². The summed E-state index contributed by atoms with van der Waals surface area (Å²) in [6.45, 7) is 3.46. The highest BCUT2D eigenvalue weighted by atomic mass is 16.5. The molecule has 0 aliphatic carbocycles. The molecule has 1 atom stereocenters. The molecule has 0 saturated heterocycles. The average Bonchev–Trinajstić information content (AvgIpc) is 2.38. The molecule has 1 aromatic rings. The summed E-state index contributed by atoms with van der Waals surface area (Å²) in [7, 11) is 1.99. The number of aliphatic hydroxyl groups is 1. The maximum Gasteiger partial charge on any atom is 0.127 e. The summed E-state index contributed by atoms with van der Waals surface area (Å²) < 4.78 is 10.7. The molecule has 0 aromatic heterocycles. The van der Waals surface area contributed by atoms with Crippen molar-refractivity contribution in [3.63, 3.8) is 0 Å². The van der Waals surface area contributed by atoms with Gasteiger partial charge in [-0.05, 0) is 19.1 Å². The molecule has 4 nitrogen and oxygen atoms in total. The number of nitrogens with zero attached hydrogens (tertiary/aromatic N) is 1. The van der Waals surface area contributed by atoms with Crippen molar-refractivity contribution in [2.24, 2.45) is 0 Å². The van der Waals surface area contributed by atoms with Crippen molar-refractivity contribution in [1.82, 2.24) is 0 Å². The highest BCUT2D eigenvalue weighted by molar-refractivity contribution is 5.45. The number of ether oxygens (including phenoxy) is 2. The Kier molecular flexibility index (Phi) is 6.62. The number of hydrogen-bond donors (Lipinski definition) is 1. The molecule has 4 heteroatoms. The number of benzene rings is 1. The minimum atomic E-state index is -0.00451. The number of rotatable bonds is 8. The van der Waals surface area contributed by atoms with E-state index in [0.717, 1.165) is 5.69 Å². The molecule has 0 fully saturated rings. The maximum atomic E-state index is 8.54.